The van der Waals surface area contributed by atoms with Crippen molar-refractivity contribution in [1.82, 2.24) is 9.97 Å². The minimum atomic E-state index is 0.991. The summed E-state index contributed by atoms with van der Waals surface area (Å²) < 4.78 is 1.06. The van der Waals surface area contributed by atoms with Crippen LogP contribution in [0.1, 0.15) is 5.69 Å². The topological polar surface area (TPSA) is 25.8 Å². The first-order valence-electron chi connectivity index (χ1n) is 3.64. The van der Waals surface area contributed by atoms with Crippen molar-refractivity contribution in [2.75, 3.05) is 0 Å². The Kier molecular flexibility index (Phi) is 1.81. The molecule has 60 valence electrons. The van der Waals surface area contributed by atoms with Crippen LogP contribution in [0.5, 0.6) is 0 Å². The second-order valence-electron chi connectivity index (χ2n) is 2.62. The van der Waals surface area contributed by atoms with Crippen molar-refractivity contribution >= 4 is 26.8 Å². The summed E-state index contributed by atoms with van der Waals surface area (Å²) in [6.07, 6.45) is 1.59. The summed E-state index contributed by atoms with van der Waals surface area (Å²) in [6.45, 7) is 1.98. The standard InChI is InChI=1S/C9H7BrN2/c1-6-8-4-7(10)2-3-9(8)12-5-11-6/h2-5H,1H3. The zero-order chi connectivity index (χ0) is 8.55. The van der Waals surface area contributed by atoms with Crippen LogP contribution in [0, 0.1) is 6.92 Å². The summed E-state index contributed by atoms with van der Waals surface area (Å²) in [4.78, 5) is 8.27. The Hall–Kier alpha value is -0.960. The van der Waals surface area contributed by atoms with Gasteiger partial charge in [-0.3, -0.25) is 0 Å². The number of halogens is 1. The molecule has 0 spiro atoms. The lowest BCUT2D eigenvalue weighted by Crippen LogP contribution is -1.86. The van der Waals surface area contributed by atoms with Gasteiger partial charge in [-0.2, -0.15) is 0 Å². The molecule has 0 atom stereocenters. The lowest BCUT2D eigenvalue weighted by Gasteiger charge is -1.99. The monoisotopic (exact) mass is 222 g/mol. The van der Waals surface area contributed by atoms with Gasteiger partial charge in [-0.25, -0.2) is 9.97 Å². The number of nitrogens with zero attached hydrogens (tertiary/aromatic N) is 2. The van der Waals surface area contributed by atoms with Crippen molar-refractivity contribution in [2.24, 2.45) is 0 Å². The van der Waals surface area contributed by atoms with Crippen molar-refractivity contribution in [3.63, 3.8) is 0 Å². The third-order valence-corrected chi connectivity index (χ3v) is 2.29. The first-order valence-corrected chi connectivity index (χ1v) is 4.43. The largest absolute Gasteiger partial charge is 0.241 e. The molecule has 0 amide bonds. The molecule has 2 aromatic rings. The summed E-state index contributed by atoms with van der Waals surface area (Å²) in [5.74, 6) is 0. The minimum Gasteiger partial charge on any atom is -0.241 e. The van der Waals surface area contributed by atoms with E-state index in [1.165, 1.54) is 0 Å². The van der Waals surface area contributed by atoms with E-state index in [1.54, 1.807) is 6.33 Å². The van der Waals surface area contributed by atoms with E-state index < -0.39 is 0 Å². The highest BCUT2D eigenvalue weighted by molar-refractivity contribution is 9.10. The maximum absolute atomic E-state index is 4.15. The van der Waals surface area contributed by atoms with Gasteiger partial charge >= 0.3 is 0 Å². The molecule has 0 aliphatic rings. The molecular weight excluding hydrogens is 216 g/mol. The van der Waals surface area contributed by atoms with Gasteiger partial charge in [0.2, 0.25) is 0 Å². The normalized spacial score (nSPS) is 10.5. The molecule has 1 aromatic heterocycles. The van der Waals surface area contributed by atoms with Gasteiger partial charge in [0.1, 0.15) is 6.33 Å². The number of aryl methyl sites for hydroxylation is 1. The highest BCUT2D eigenvalue weighted by Gasteiger charge is 1.98. The highest BCUT2D eigenvalue weighted by Crippen LogP contribution is 2.19. The van der Waals surface area contributed by atoms with E-state index in [1.807, 2.05) is 25.1 Å². The van der Waals surface area contributed by atoms with E-state index in [0.717, 1.165) is 21.1 Å². The van der Waals surface area contributed by atoms with Crippen LogP contribution in [-0.4, -0.2) is 9.97 Å². The summed E-state index contributed by atoms with van der Waals surface area (Å²) in [7, 11) is 0. The number of hydrogen-bond donors (Lipinski definition) is 0. The summed E-state index contributed by atoms with van der Waals surface area (Å²) >= 11 is 3.41. The summed E-state index contributed by atoms with van der Waals surface area (Å²) in [5, 5.41) is 1.10. The molecule has 12 heavy (non-hydrogen) atoms. The van der Waals surface area contributed by atoms with Gasteiger partial charge < -0.3 is 0 Å². The second kappa shape index (κ2) is 2.83. The molecule has 0 radical (unpaired) electrons. The van der Waals surface area contributed by atoms with Crippen molar-refractivity contribution < 1.29 is 0 Å². The van der Waals surface area contributed by atoms with Crippen LogP contribution in [0.15, 0.2) is 29.0 Å². The molecule has 2 nitrogen and oxygen atoms in total. The van der Waals surface area contributed by atoms with E-state index in [0.29, 0.717) is 0 Å². The van der Waals surface area contributed by atoms with Gasteiger partial charge in [-0.1, -0.05) is 15.9 Å². The maximum atomic E-state index is 4.15. The lowest BCUT2D eigenvalue weighted by atomic mass is 10.2. The molecule has 0 fully saturated rings. The second-order valence-corrected chi connectivity index (χ2v) is 3.54. The fourth-order valence-corrected chi connectivity index (χ4v) is 1.52. The third-order valence-electron chi connectivity index (χ3n) is 1.80. The molecule has 1 aromatic carbocycles. The van der Waals surface area contributed by atoms with Gasteiger partial charge in [-0.05, 0) is 25.1 Å². The Morgan fingerprint density at radius 1 is 1.25 bits per heavy atom. The highest BCUT2D eigenvalue weighted by atomic mass is 79.9. The Morgan fingerprint density at radius 3 is 2.92 bits per heavy atom. The van der Waals surface area contributed by atoms with E-state index in [-0.39, 0.29) is 0 Å². The quantitative estimate of drug-likeness (QED) is 0.686. The smallest absolute Gasteiger partial charge is 0.116 e. The van der Waals surface area contributed by atoms with Gasteiger partial charge in [0.25, 0.3) is 0 Å². The van der Waals surface area contributed by atoms with E-state index in [4.69, 9.17) is 0 Å². The van der Waals surface area contributed by atoms with Crippen LogP contribution in [0.3, 0.4) is 0 Å². The Labute approximate surface area is 78.8 Å². The SMILES string of the molecule is Cc1ncnc2ccc(Br)cc12. The molecule has 0 saturated heterocycles. The van der Waals surface area contributed by atoms with Gasteiger partial charge in [-0.15, -0.1) is 0 Å². The maximum Gasteiger partial charge on any atom is 0.116 e. The van der Waals surface area contributed by atoms with Gasteiger partial charge in [0.05, 0.1) is 5.52 Å². The average Bonchev–Trinajstić information content (AvgIpc) is 2.07. The Balaban J connectivity index is 2.88. The van der Waals surface area contributed by atoms with Crippen molar-refractivity contribution in [1.29, 1.82) is 0 Å². The Bertz CT molecular complexity index is 426. The minimum absolute atomic E-state index is 0.991. The van der Waals surface area contributed by atoms with Crippen LogP contribution in [0.4, 0.5) is 0 Å². The van der Waals surface area contributed by atoms with Crippen LogP contribution >= 0.6 is 15.9 Å². The molecule has 0 aliphatic carbocycles. The van der Waals surface area contributed by atoms with Crippen molar-refractivity contribution in [2.45, 2.75) is 6.92 Å². The van der Waals surface area contributed by atoms with E-state index in [9.17, 15) is 0 Å². The molecule has 0 saturated carbocycles. The van der Waals surface area contributed by atoms with Gasteiger partial charge in [0, 0.05) is 15.6 Å². The molecule has 3 heteroatoms. The predicted octanol–water partition coefficient (Wildman–Crippen LogP) is 2.70. The number of fused-ring (bicyclic) bond motifs is 1. The zero-order valence-electron chi connectivity index (χ0n) is 6.58. The summed E-state index contributed by atoms with van der Waals surface area (Å²) in [5.41, 5.74) is 2.01. The molecule has 0 bridgehead atoms. The third kappa shape index (κ3) is 1.20. The molecule has 1 heterocycles. The molecule has 0 N–H and O–H groups in total. The molecule has 2 rings (SSSR count). The first kappa shape index (κ1) is 7.68. The van der Waals surface area contributed by atoms with Gasteiger partial charge in [0.15, 0.2) is 0 Å². The number of benzene rings is 1. The van der Waals surface area contributed by atoms with Crippen LogP contribution < -0.4 is 0 Å². The average molecular weight is 223 g/mol. The molecular formula is C9H7BrN2. The zero-order valence-corrected chi connectivity index (χ0v) is 8.17. The van der Waals surface area contributed by atoms with E-state index >= 15 is 0 Å². The molecule has 0 unspecified atom stereocenters. The number of aromatic nitrogens is 2. The first-order chi connectivity index (χ1) is 5.77. The predicted molar refractivity (Wildman–Crippen MR) is 52.0 cm³/mol. The Morgan fingerprint density at radius 2 is 2.08 bits per heavy atom. The molecule has 0 aliphatic heterocycles. The fraction of sp³-hybridized carbons (Fsp3) is 0.111. The fourth-order valence-electron chi connectivity index (χ4n) is 1.16. The van der Waals surface area contributed by atoms with Crippen LogP contribution in [0.2, 0.25) is 0 Å². The van der Waals surface area contributed by atoms with Crippen LogP contribution in [-0.2, 0) is 0 Å². The number of rotatable bonds is 0. The van der Waals surface area contributed by atoms with Crippen molar-refractivity contribution in [3.8, 4) is 0 Å². The van der Waals surface area contributed by atoms with Crippen LogP contribution in [0.25, 0.3) is 10.9 Å². The lowest BCUT2D eigenvalue weighted by molar-refractivity contribution is 1.15. The van der Waals surface area contributed by atoms with E-state index in [2.05, 4.69) is 25.9 Å². The summed E-state index contributed by atoms with van der Waals surface area (Å²) in [6, 6.07) is 5.99. The van der Waals surface area contributed by atoms with Crippen molar-refractivity contribution in [3.05, 3.63) is 34.7 Å². The number of hydrogen-bond acceptors (Lipinski definition) is 2.